The van der Waals surface area contributed by atoms with Crippen molar-refractivity contribution < 1.29 is 14.7 Å². The molecule has 1 heterocycles. The number of nitrogens with one attached hydrogen (secondary N) is 1. The first-order valence-electron chi connectivity index (χ1n) is 7.91. The highest BCUT2D eigenvalue weighted by Crippen LogP contribution is 2.30. The van der Waals surface area contributed by atoms with Crippen LogP contribution in [0.15, 0.2) is 24.3 Å². The van der Waals surface area contributed by atoms with Crippen LogP contribution in [0.2, 0.25) is 5.02 Å². The summed E-state index contributed by atoms with van der Waals surface area (Å²) < 4.78 is 0. The number of carbonyl (C=O) groups is 2. The number of carbonyl (C=O) groups excluding carboxylic acids is 1. The highest BCUT2D eigenvalue weighted by molar-refractivity contribution is 6.31. The molecule has 1 aliphatic heterocycles. The van der Waals surface area contributed by atoms with Gasteiger partial charge in [0.2, 0.25) is 0 Å². The molecule has 0 aromatic heterocycles. The van der Waals surface area contributed by atoms with Crippen LogP contribution in [0.4, 0.5) is 4.79 Å². The molecule has 2 atom stereocenters. The largest absolute Gasteiger partial charge is 0.481 e. The molecule has 0 spiro atoms. The molecule has 0 bridgehead atoms. The quantitative estimate of drug-likeness (QED) is 0.852. The summed E-state index contributed by atoms with van der Waals surface area (Å²) in [5, 5.41) is 12.8. The molecule has 1 aromatic rings. The Hall–Kier alpha value is -1.79. The zero-order valence-corrected chi connectivity index (χ0v) is 15.0. The van der Waals surface area contributed by atoms with Gasteiger partial charge in [-0.2, -0.15) is 0 Å². The summed E-state index contributed by atoms with van der Waals surface area (Å²) in [4.78, 5) is 27.2. The number of aliphatic carboxylic acids is 1. The van der Waals surface area contributed by atoms with E-state index in [0.29, 0.717) is 24.5 Å². The van der Waals surface area contributed by atoms with Gasteiger partial charge in [-0.1, -0.05) is 29.8 Å². The van der Waals surface area contributed by atoms with Gasteiger partial charge in [0.15, 0.2) is 0 Å². The fourth-order valence-corrected chi connectivity index (χ4v) is 3.18. The first kappa shape index (κ1) is 18.5. The van der Waals surface area contributed by atoms with Crippen molar-refractivity contribution in [2.24, 2.45) is 5.41 Å². The molecule has 2 rings (SSSR count). The predicted octanol–water partition coefficient (Wildman–Crippen LogP) is 2.45. The molecule has 7 heteroatoms. The summed E-state index contributed by atoms with van der Waals surface area (Å²) in [7, 11) is 3.86. The zero-order valence-electron chi connectivity index (χ0n) is 14.3. The molecule has 2 amide bonds. The van der Waals surface area contributed by atoms with E-state index in [1.54, 1.807) is 11.8 Å². The molecular weight excluding hydrogens is 330 g/mol. The van der Waals surface area contributed by atoms with Crippen LogP contribution < -0.4 is 5.32 Å². The van der Waals surface area contributed by atoms with Gasteiger partial charge in [-0.3, -0.25) is 4.79 Å². The van der Waals surface area contributed by atoms with Crippen LogP contribution in [0.5, 0.6) is 0 Å². The molecule has 0 radical (unpaired) electrons. The number of urea groups is 1. The molecule has 1 fully saturated rings. The third-order valence-corrected chi connectivity index (χ3v) is 4.96. The highest BCUT2D eigenvalue weighted by atomic mass is 35.5. The Bertz CT molecular complexity index is 623. The number of amides is 2. The SMILES string of the molecule is CN(C)C(CNC(=O)N1CCC(C)(C(=O)O)C1)c1ccccc1Cl. The minimum absolute atomic E-state index is 0.0592. The summed E-state index contributed by atoms with van der Waals surface area (Å²) in [6.07, 6.45) is 0.470. The molecule has 2 unspecified atom stereocenters. The van der Waals surface area contributed by atoms with Crippen molar-refractivity contribution in [1.29, 1.82) is 0 Å². The topological polar surface area (TPSA) is 72.9 Å². The van der Waals surface area contributed by atoms with Crippen LogP contribution in [0.3, 0.4) is 0 Å². The number of carboxylic acids is 1. The highest BCUT2D eigenvalue weighted by Gasteiger charge is 2.42. The Labute approximate surface area is 147 Å². The molecule has 0 saturated carbocycles. The van der Waals surface area contributed by atoms with E-state index in [-0.39, 0.29) is 18.6 Å². The first-order valence-corrected chi connectivity index (χ1v) is 8.29. The predicted molar refractivity (Wildman–Crippen MR) is 93.2 cm³/mol. The molecule has 132 valence electrons. The first-order chi connectivity index (χ1) is 11.2. The van der Waals surface area contributed by atoms with Crippen molar-refractivity contribution in [3.63, 3.8) is 0 Å². The maximum atomic E-state index is 12.4. The van der Waals surface area contributed by atoms with E-state index in [1.165, 1.54) is 0 Å². The second kappa shape index (κ2) is 7.40. The van der Waals surface area contributed by atoms with Gasteiger partial charge >= 0.3 is 12.0 Å². The lowest BCUT2D eigenvalue weighted by Crippen LogP contribution is -2.43. The number of nitrogens with zero attached hydrogens (tertiary/aromatic N) is 2. The van der Waals surface area contributed by atoms with Crippen molar-refractivity contribution in [3.05, 3.63) is 34.9 Å². The van der Waals surface area contributed by atoms with Crippen LogP contribution in [0.1, 0.15) is 24.9 Å². The number of hydrogen-bond acceptors (Lipinski definition) is 3. The van der Waals surface area contributed by atoms with Gasteiger partial charge in [-0.05, 0) is 39.1 Å². The second-order valence-electron chi connectivity index (χ2n) is 6.72. The van der Waals surface area contributed by atoms with Gasteiger partial charge < -0.3 is 20.2 Å². The average Bonchev–Trinajstić information content (AvgIpc) is 2.93. The van der Waals surface area contributed by atoms with Gasteiger partial charge in [0.1, 0.15) is 0 Å². The number of benzene rings is 1. The zero-order chi connectivity index (χ0) is 17.9. The molecule has 6 nitrogen and oxygen atoms in total. The number of halogens is 1. The van der Waals surface area contributed by atoms with E-state index in [0.717, 1.165) is 5.56 Å². The third-order valence-electron chi connectivity index (χ3n) is 4.61. The molecule has 1 aliphatic rings. The Kier molecular flexibility index (Phi) is 5.72. The maximum Gasteiger partial charge on any atom is 0.317 e. The minimum atomic E-state index is -0.861. The summed E-state index contributed by atoms with van der Waals surface area (Å²) >= 11 is 6.26. The number of rotatable bonds is 5. The maximum absolute atomic E-state index is 12.4. The summed E-state index contributed by atoms with van der Waals surface area (Å²) in [5.41, 5.74) is 0.0855. The summed E-state index contributed by atoms with van der Waals surface area (Å²) in [6.45, 7) is 2.76. The Balaban J connectivity index is 1.99. The van der Waals surface area contributed by atoms with Crippen molar-refractivity contribution in [3.8, 4) is 0 Å². The average molecular weight is 354 g/mol. The van der Waals surface area contributed by atoms with Gasteiger partial charge in [0.05, 0.1) is 11.5 Å². The normalized spacial score (nSPS) is 21.8. The standard InChI is InChI=1S/C17H24ClN3O3/c1-17(15(22)23)8-9-21(11-17)16(24)19-10-14(20(2)3)12-6-4-5-7-13(12)18/h4-7,14H,8-11H2,1-3H3,(H,19,24)(H,22,23). The lowest BCUT2D eigenvalue weighted by atomic mass is 9.90. The molecule has 0 aliphatic carbocycles. The van der Waals surface area contributed by atoms with Gasteiger partial charge in [0.25, 0.3) is 0 Å². The van der Waals surface area contributed by atoms with Crippen LogP contribution in [-0.2, 0) is 4.79 Å². The fourth-order valence-electron chi connectivity index (χ4n) is 2.92. The van der Waals surface area contributed by atoms with E-state index >= 15 is 0 Å². The molecular formula is C17H24ClN3O3. The van der Waals surface area contributed by atoms with E-state index in [1.807, 2.05) is 43.3 Å². The summed E-state index contributed by atoms with van der Waals surface area (Å²) in [6, 6.07) is 7.26. The number of likely N-dealkylation sites (N-methyl/N-ethyl adjacent to an activating group) is 1. The lowest BCUT2D eigenvalue weighted by Gasteiger charge is -2.27. The van der Waals surface area contributed by atoms with E-state index < -0.39 is 11.4 Å². The van der Waals surface area contributed by atoms with Crippen LogP contribution in [0.25, 0.3) is 0 Å². The van der Waals surface area contributed by atoms with Gasteiger partial charge in [0, 0.05) is 24.7 Å². The minimum Gasteiger partial charge on any atom is -0.481 e. The van der Waals surface area contributed by atoms with E-state index in [4.69, 9.17) is 11.6 Å². The monoisotopic (exact) mass is 353 g/mol. The fraction of sp³-hybridized carbons (Fsp3) is 0.529. The Morgan fingerprint density at radius 3 is 2.62 bits per heavy atom. The van der Waals surface area contributed by atoms with E-state index in [2.05, 4.69) is 5.32 Å². The van der Waals surface area contributed by atoms with E-state index in [9.17, 15) is 14.7 Å². The number of likely N-dealkylation sites (tertiary alicyclic amines) is 1. The molecule has 1 aromatic carbocycles. The van der Waals surface area contributed by atoms with Gasteiger partial charge in [-0.25, -0.2) is 4.79 Å². The number of hydrogen-bond donors (Lipinski definition) is 2. The second-order valence-corrected chi connectivity index (χ2v) is 7.13. The molecule has 1 saturated heterocycles. The van der Waals surface area contributed by atoms with Crippen molar-refractivity contribution in [2.75, 3.05) is 33.7 Å². The third kappa shape index (κ3) is 3.99. The Morgan fingerprint density at radius 2 is 2.08 bits per heavy atom. The van der Waals surface area contributed by atoms with Crippen molar-refractivity contribution >= 4 is 23.6 Å². The van der Waals surface area contributed by atoms with Crippen LogP contribution in [-0.4, -0.2) is 60.6 Å². The molecule has 2 N–H and O–H groups in total. The van der Waals surface area contributed by atoms with Crippen LogP contribution >= 0.6 is 11.6 Å². The van der Waals surface area contributed by atoms with Crippen molar-refractivity contribution in [1.82, 2.24) is 15.1 Å². The summed E-state index contributed by atoms with van der Waals surface area (Å²) in [5.74, 6) is -0.861. The number of carboxylic acid groups (broad SMARTS) is 1. The Morgan fingerprint density at radius 1 is 1.42 bits per heavy atom. The molecule has 24 heavy (non-hydrogen) atoms. The lowest BCUT2D eigenvalue weighted by molar-refractivity contribution is -0.146. The smallest absolute Gasteiger partial charge is 0.317 e. The van der Waals surface area contributed by atoms with Crippen LogP contribution in [0, 0.1) is 5.41 Å². The van der Waals surface area contributed by atoms with Gasteiger partial charge in [-0.15, -0.1) is 0 Å². The van der Waals surface area contributed by atoms with Crippen molar-refractivity contribution in [2.45, 2.75) is 19.4 Å².